The van der Waals surface area contributed by atoms with Crippen LogP contribution < -0.4 is 10.9 Å². The van der Waals surface area contributed by atoms with Crippen molar-refractivity contribution in [2.24, 2.45) is 0 Å². The molecule has 1 atom stereocenters. The van der Waals surface area contributed by atoms with Gasteiger partial charge in [0.1, 0.15) is 6.04 Å². The first-order valence-corrected chi connectivity index (χ1v) is 13.2. The van der Waals surface area contributed by atoms with Crippen LogP contribution in [0.25, 0.3) is 0 Å². The zero-order valence-corrected chi connectivity index (χ0v) is 24.4. The molecule has 1 fully saturated rings. The average molecular weight is 597 g/mol. The number of nitrogens with zero attached hydrogens (tertiary/aromatic N) is 2. The van der Waals surface area contributed by atoms with Gasteiger partial charge in [0, 0.05) is 31.2 Å². The molecule has 1 aliphatic rings. The summed E-state index contributed by atoms with van der Waals surface area (Å²) in [6.45, 7) is 15.7. The van der Waals surface area contributed by atoms with Gasteiger partial charge in [-0.3, -0.25) is 20.5 Å². The van der Waals surface area contributed by atoms with Crippen LogP contribution in [0.4, 0.5) is 32.0 Å². The quantitative estimate of drug-likeness (QED) is 0.208. The van der Waals surface area contributed by atoms with Crippen molar-refractivity contribution in [1.29, 1.82) is 0 Å². The Hall–Kier alpha value is -2.76. The zero-order valence-electron chi connectivity index (χ0n) is 23.7. The zero-order chi connectivity index (χ0) is 31.1. The summed E-state index contributed by atoms with van der Waals surface area (Å²) in [5.41, 5.74) is 1.50. The Balaban J connectivity index is 0.00000199. The molecule has 1 heterocycles. The number of amides is 1. The van der Waals surface area contributed by atoms with E-state index in [9.17, 15) is 31.1 Å². The fourth-order valence-corrected chi connectivity index (χ4v) is 3.71. The number of halogens is 7. The van der Waals surface area contributed by atoms with Crippen molar-refractivity contribution in [2.75, 3.05) is 38.7 Å². The molecule has 226 valence electrons. The van der Waals surface area contributed by atoms with Crippen molar-refractivity contribution in [2.45, 2.75) is 53.0 Å². The summed E-state index contributed by atoms with van der Waals surface area (Å²) in [6, 6.07) is 6.73. The highest BCUT2D eigenvalue weighted by Gasteiger charge is 2.37. The lowest BCUT2D eigenvalue weighted by molar-refractivity contribution is -0.143. The highest BCUT2D eigenvalue weighted by atomic mass is 35.5. The van der Waals surface area contributed by atoms with Gasteiger partial charge >= 0.3 is 12.4 Å². The van der Waals surface area contributed by atoms with Crippen molar-refractivity contribution >= 4 is 23.2 Å². The van der Waals surface area contributed by atoms with Gasteiger partial charge in [-0.05, 0) is 49.9 Å². The van der Waals surface area contributed by atoms with Crippen molar-refractivity contribution in [3.8, 4) is 0 Å². The van der Waals surface area contributed by atoms with E-state index in [0.717, 1.165) is 0 Å². The van der Waals surface area contributed by atoms with E-state index >= 15 is 0 Å². The number of anilines is 1. The van der Waals surface area contributed by atoms with Gasteiger partial charge in [-0.2, -0.15) is 26.3 Å². The summed E-state index contributed by atoms with van der Waals surface area (Å²) in [6.07, 6.45) is -8.24. The van der Waals surface area contributed by atoms with E-state index in [-0.39, 0.29) is 6.07 Å². The molecule has 2 N–H and O–H groups in total. The van der Waals surface area contributed by atoms with Gasteiger partial charge < -0.3 is 4.90 Å². The molecular formula is C28H39ClF6N4O. The maximum absolute atomic E-state index is 13.1. The summed E-state index contributed by atoms with van der Waals surface area (Å²) in [5, 5.41) is 0.389. The highest BCUT2D eigenvalue weighted by Crippen LogP contribution is 2.37. The first-order valence-electron chi connectivity index (χ1n) is 12.9. The molecule has 5 nitrogen and oxygen atoms in total. The van der Waals surface area contributed by atoms with Crippen LogP contribution in [0.1, 0.15) is 57.4 Å². The number of allylic oxidation sites excluding steroid dienone is 1. The number of likely N-dealkylation sites (N-methyl/N-ethyl adjacent to an activating group) is 1. The third kappa shape index (κ3) is 12.2. The maximum atomic E-state index is 13.1. The van der Waals surface area contributed by atoms with E-state index in [2.05, 4.69) is 22.3 Å². The molecule has 40 heavy (non-hydrogen) atoms. The molecule has 1 unspecified atom stereocenters. The number of rotatable bonds is 5. The number of carbonyl (C=O) groups is 1. The first kappa shape index (κ1) is 37.2. The Labute approximate surface area is 238 Å². The van der Waals surface area contributed by atoms with E-state index in [1.807, 2.05) is 46.6 Å². The van der Waals surface area contributed by atoms with Crippen LogP contribution >= 0.6 is 11.6 Å². The van der Waals surface area contributed by atoms with Crippen LogP contribution in [0.2, 0.25) is 5.02 Å². The van der Waals surface area contributed by atoms with Crippen molar-refractivity contribution in [3.05, 3.63) is 76.8 Å². The van der Waals surface area contributed by atoms with Crippen LogP contribution in [0, 0.1) is 0 Å². The lowest BCUT2D eigenvalue weighted by Gasteiger charge is -2.37. The van der Waals surface area contributed by atoms with Crippen LogP contribution in [-0.2, 0) is 17.1 Å². The number of hydrogen-bond acceptors (Lipinski definition) is 4. The topological polar surface area (TPSA) is 47.6 Å². The summed E-state index contributed by atoms with van der Waals surface area (Å²) < 4.78 is 78.5. The van der Waals surface area contributed by atoms with Gasteiger partial charge in [0.25, 0.3) is 5.91 Å². The van der Waals surface area contributed by atoms with Gasteiger partial charge in [0.15, 0.2) is 0 Å². The number of alkyl halides is 6. The molecule has 2 aromatic rings. The van der Waals surface area contributed by atoms with Crippen molar-refractivity contribution in [1.82, 2.24) is 15.2 Å². The fourth-order valence-electron chi connectivity index (χ4n) is 3.51. The van der Waals surface area contributed by atoms with Gasteiger partial charge in [0.2, 0.25) is 0 Å². The predicted molar refractivity (Wildman–Crippen MR) is 150 cm³/mol. The number of benzene rings is 2. The second-order valence-electron chi connectivity index (χ2n) is 8.11. The lowest BCUT2D eigenvalue weighted by Crippen LogP contribution is -2.50. The van der Waals surface area contributed by atoms with E-state index in [4.69, 9.17) is 11.6 Å². The Morgan fingerprint density at radius 2 is 1.40 bits per heavy atom. The molecule has 1 saturated heterocycles. The number of nitrogens with one attached hydrogen (secondary N) is 2. The molecular weight excluding hydrogens is 558 g/mol. The third-order valence-corrected chi connectivity index (χ3v) is 5.47. The van der Waals surface area contributed by atoms with Gasteiger partial charge in [-0.25, -0.2) is 0 Å². The second-order valence-corrected chi connectivity index (χ2v) is 8.55. The minimum Gasteiger partial charge on any atom is -0.304 e. The minimum absolute atomic E-state index is 0.0198. The molecule has 0 aromatic heterocycles. The fraction of sp³-hybridized carbons (Fsp3) is 0.464. The second kappa shape index (κ2) is 17.8. The van der Waals surface area contributed by atoms with Crippen molar-refractivity contribution < 1.29 is 31.1 Å². The van der Waals surface area contributed by atoms with E-state index in [1.54, 1.807) is 30.3 Å². The minimum atomic E-state index is -5.00. The molecule has 1 amide bonds. The molecule has 0 radical (unpaired) electrons. The van der Waals surface area contributed by atoms with Gasteiger partial charge in [0.05, 0.1) is 16.8 Å². The molecule has 0 saturated carbocycles. The highest BCUT2D eigenvalue weighted by molar-refractivity contribution is 6.30. The number of piperazine rings is 1. The SMILES string of the molecule is C=CC.CC.CC.CN1CCN(C(C(=O)NNc2cc(C(F)(F)F)cc(C(F)(F)F)c2)c2cccc(Cl)c2)CC1. The molecule has 2 aromatic carbocycles. The molecule has 0 spiro atoms. The molecule has 12 heteroatoms. The number of carbonyl (C=O) groups excluding carboxylic acids is 1. The molecule has 0 aliphatic carbocycles. The molecule has 0 bridgehead atoms. The average Bonchev–Trinajstić information content (AvgIpc) is 2.90. The normalized spacial score (nSPS) is 14.6. The first-order chi connectivity index (χ1) is 18.8. The maximum Gasteiger partial charge on any atom is 0.416 e. The Morgan fingerprint density at radius 3 is 1.82 bits per heavy atom. The Bertz CT molecular complexity index is 1010. The summed E-state index contributed by atoms with van der Waals surface area (Å²) in [4.78, 5) is 17.0. The van der Waals surface area contributed by atoms with Gasteiger partial charge in [-0.15, -0.1) is 6.58 Å². The van der Waals surface area contributed by atoms with Crippen LogP contribution in [0.3, 0.4) is 0 Å². The Morgan fingerprint density at radius 1 is 0.925 bits per heavy atom. The van der Waals surface area contributed by atoms with Gasteiger partial charge in [-0.1, -0.05) is 57.5 Å². The van der Waals surface area contributed by atoms with Crippen LogP contribution in [-0.4, -0.2) is 48.9 Å². The van der Waals surface area contributed by atoms with Crippen LogP contribution in [0.15, 0.2) is 55.1 Å². The lowest BCUT2D eigenvalue weighted by atomic mass is 10.0. The summed E-state index contributed by atoms with van der Waals surface area (Å²) in [5.74, 6) is -0.646. The summed E-state index contributed by atoms with van der Waals surface area (Å²) in [7, 11) is 1.93. The number of hydrazine groups is 1. The Kier molecular flexibility index (Phi) is 16.6. The van der Waals surface area contributed by atoms with E-state index in [1.165, 1.54) is 0 Å². The standard InChI is InChI=1S/C21H21ClF6N4O.C3H6.2C2H6/c1-31-5-7-32(8-6-31)18(13-3-2-4-16(22)9-13)19(33)30-29-17-11-14(20(23,24)25)10-15(12-17)21(26,27)28;1-3-2;2*1-2/h2-4,9-12,18,29H,5-8H2,1H3,(H,30,33);3H,1H2,2H3;2*1-2H3. The monoisotopic (exact) mass is 596 g/mol. The van der Waals surface area contributed by atoms with Crippen LogP contribution in [0.5, 0.6) is 0 Å². The molecule has 1 aliphatic heterocycles. The van der Waals surface area contributed by atoms with E-state index < -0.39 is 41.1 Å². The van der Waals surface area contributed by atoms with Crippen molar-refractivity contribution in [3.63, 3.8) is 0 Å². The van der Waals surface area contributed by atoms with E-state index in [0.29, 0.717) is 48.9 Å². The molecule has 3 rings (SSSR count). The summed E-state index contributed by atoms with van der Waals surface area (Å²) >= 11 is 6.06. The number of hydrogen-bond donors (Lipinski definition) is 2. The third-order valence-electron chi connectivity index (χ3n) is 5.23. The predicted octanol–water partition coefficient (Wildman–Crippen LogP) is 8.05. The largest absolute Gasteiger partial charge is 0.416 e. The smallest absolute Gasteiger partial charge is 0.304 e.